The highest BCUT2D eigenvalue weighted by molar-refractivity contribution is 5.71. The zero-order chi connectivity index (χ0) is 12.8. The molecule has 3 rings (SSSR count). The lowest BCUT2D eigenvalue weighted by Crippen LogP contribution is -2.48. The maximum Gasteiger partial charge on any atom is 0.412 e. The zero-order valence-electron chi connectivity index (χ0n) is 10.4. The van der Waals surface area contributed by atoms with E-state index in [1.54, 1.807) is 6.20 Å². The van der Waals surface area contributed by atoms with Gasteiger partial charge in [-0.2, -0.15) is 0 Å². The summed E-state index contributed by atoms with van der Waals surface area (Å²) in [5.41, 5.74) is -0.202. The van der Waals surface area contributed by atoms with Crippen LogP contribution in [0.3, 0.4) is 0 Å². The van der Waals surface area contributed by atoms with E-state index in [1.165, 1.54) is 0 Å². The predicted octanol–water partition coefficient (Wildman–Crippen LogP) is 2.70. The third-order valence-corrected chi connectivity index (χ3v) is 3.25. The molecule has 0 aromatic heterocycles. The normalized spacial score (nSPS) is 28.0. The topological polar surface area (TPSA) is 47.6 Å². The average molecular weight is 245 g/mol. The van der Waals surface area contributed by atoms with Gasteiger partial charge in [0.25, 0.3) is 0 Å². The summed E-state index contributed by atoms with van der Waals surface area (Å²) < 4.78 is 11.5. The Morgan fingerprint density at radius 2 is 2.00 bits per heavy atom. The van der Waals surface area contributed by atoms with Gasteiger partial charge in [0.05, 0.1) is 0 Å². The first-order chi connectivity index (χ1) is 8.51. The fourth-order valence-corrected chi connectivity index (χ4v) is 2.68. The highest BCUT2D eigenvalue weighted by Gasteiger charge is 2.47. The minimum absolute atomic E-state index is 0.379. The lowest BCUT2D eigenvalue weighted by molar-refractivity contribution is -0.0456. The van der Waals surface area contributed by atoms with Crippen molar-refractivity contribution >= 4 is 6.09 Å². The number of nitrogens with one attached hydrogen (secondary N) is 1. The highest BCUT2D eigenvalue weighted by atomic mass is 16.6. The summed E-state index contributed by atoms with van der Waals surface area (Å²) >= 11 is 0. The lowest BCUT2D eigenvalue weighted by atomic mass is 9.80. The Bertz CT molecular complexity index is 536. The molecule has 94 valence electrons. The van der Waals surface area contributed by atoms with Gasteiger partial charge in [0.1, 0.15) is 11.4 Å². The largest absolute Gasteiger partial charge is 0.487 e. The van der Waals surface area contributed by atoms with Gasteiger partial charge in [0.15, 0.2) is 5.60 Å². The first-order valence-electron chi connectivity index (χ1n) is 5.97. The molecule has 1 amide bonds. The van der Waals surface area contributed by atoms with Gasteiger partial charge in [-0.05, 0) is 26.0 Å². The maximum atomic E-state index is 11.5. The first kappa shape index (κ1) is 11.1. The molecule has 1 spiro atoms. The molecule has 0 radical (unpaired) electrons. The van der Waals surface area contributed by atoms with Crippen molar-refractivity contribution in [2.24, 2.45) is 0 Å². The Labute approximate surface area is 106 Å². The number of amides is 1. The molecule has 4 heteroatoms. The van der Waals surface area contributed by atoms with Crippen molar-refractivity contribution in [2.75, 3.05) is 0 Å². The standard InChI is InChI=1S/C14H15NO3/c1-13(2)9-14(7-8-15-12(16)18-14)10-5-3-4-6-11(10)17-13/h3-8H,9H2,1-2H3,(H,15,16). The molecule has 2 heterocycles. The van der Waals surface area contributed by atoms with E-state index < -0.39 is 11.7 Å². The number of fused-ring (bicyclic) bond motifs is 2. The Morgan fingerprint density at radius 1 is 1.22 bits per heavy atom. The van der Waals surface area contributed by atoms with E-state index in [2.05, 4.69) is 5.32 Å². The maximum absolute atomic E-state index is 11.5. The zero-order valence-corrected chi connectivity index (χ0v) is 10.4. The molecule has 0 fully saturated rings. The van der Waals surface area contributed by atoms with E-state index >= 15 is 0 Å². The summed E-state index contributed by atoms with van der Waals surface area (Å²) in [6.07, 6.45) is 3.70. The van der Waals surface area contributed by atoms with Crippen LogP contribution in [-0.4, -0.2) is 11.7 Å². The minimum atomic E-state index is -0.722. The summed E-state index contributed by atoms with van der Waals surface area (Å²) in [7, 11) is 0. The second kappa shape index (κ2) is 3.51. The van der Waals surface area contributed by atoms with E-state index in [-0.39, 0.29) is 5.60 Å². The van der Waals surface area contributed by atoms with E-state index in [4.69, 9.17) is 9.47 Å². The van der Waals surface area contributed by atoms with Crippen molar-refractivity contribution in [1.29, 1.82) is 0 Å². The number of benzene rings is 1. The van der Waals surface area contributed by atoms with Gasteiger partial charge in [-0.1, -0.05) is 18.2 Å². The number of para-hydroxylation sites is 1. The summed E-state index contributed by atoms with van der Waals surface area (Å²) in [4.78, 5) is 11.5. The number of alkyl carbamates (subject to hydrolysis) is 1. The molecule has 18 heavy (non-hydrogen) atoms. The van der Waals surface area contributed by atoms with Gasteiger partial charge in [-0.3, -0.25) is 5.32 Å². The van der Waals surface area contributed by atoms with E-state index in [0.29, 0.717) is 6.42 Å². The van der Waals surface area contributed by atoms with Gasteiger partial charge in [0.2, 0.25) is 0 Å². The summed E-state index contributed by atoms with van der Waals surface area (Å²) in [6.45, 7) is 3.99. The Balaban J connectivity index is 2.17. The molecule has 1 unspecified atom stereocenters. The van der Waals surface area contributed by atoms with Crippen LogP contribution in [0.4, 0.5) is 4.79 Å². The van der Waals surface area contributed by atoms with Crippen molar-refractivity contribution < 1.29 is 14.3 Å². The number of hydrogen-bond acceptors (Lipinski definition) is 3. The van der Waals surface area contributed by atoms with Gasteiger partial charge >= 0.3 is 6.09 Å². The molecule has 4 nitrogen and oxygen atoms in total. The van der Waals surface area contributed by atoms with Gasteiger partial charge in [0, 0.05) is 18.2 Å². The van der Waals surface area contributed by atoms with Crippen LogP contribution in [0.5, 0.6) is 5.75 Å². The molecule has 1 aromatic rings. The summed E-state index contributed by atoms with van der Waals surface area (Å²) in [5, 5.41) is 2.53. The van der Waals surface area contributed by atoms with Crippen LogP contribution in [0.2, 0.25) is 0 Å². The van der Waals surface area contributed by atoms with Crippen LogP contribution in [-0.2, 0) is 10.3 Å². The highest BCUT2D eigenvalue weighted by Crippen LogP contribution is 2.47. The quantitative estimate of drug-likeness (QED) is 0.764. The monoisotopic (exact) mass is 245 g/mol. The molecule has 0 bridgehead atoms. The van der Waals surface area contributed by atoms with Crippen molar-refractivity contribution in [3.63, 3.8) is 0 Å². The predicted molar refractivity (Wildman–Crippen MR) is 66.2 cm³/mol. The second-order valence-electron chi connectivity index (χ2n) is 5.29. The SMILES string of the molecule is CC1(C)CC2(C=CNC(=O)O2)c2ccccc2O1. The van der Waals surface area contributed by atoms with E-state index in [9.17, 15) is 4.79 Å². The van der Waals surface area contributed by atoms with Crippen LogP contribution >= 0.6 is 0 Å². The molecule has 1 N–H and O–H groups in total. The number of carbonyl (C=O) groups is 1. The fraction of sp³-hybridized carbons (Fsp3) is 0.357. The van der Waals surface area contributed by atoms with Crippen LogP contribution in [0.25, 0.3) is 0 Å². The lowest BCUT2D eigenvalue weighted by Gasteiger charge is -2.44. The van der Waals surface area contributed by atoms with Gasteiger partial charge < -0.3 is 9.47 Å². The van der Waals surface area contributed by atoms with Gasteiger partial charge in [-0.25, -0.2) is 4.79 Å². The minimum Gasteiger partial charge on any atom is -0.487 e. The first-order valence-corrected chi connectivity index (χ1v) is 5.97. The van der Waals surface area contributed by atoms with Crippen molar-refractivity contribution in [3.05, 3.63) is 42.1 Å². The molecule has 1 aromatic carbocycles. The molecule has 0 saturated carbocycles. The molecular formula is C14H15NO3. The van der Waals surface area contributed by atoms with Crippen LogP contribution < -0.4 is 10.1 Å². The Morgan fingerprint density at radius 3 is 2.78 bits per heavy atom. The molecular weight excluding hydrogens is 230 g/mol. The second-order valence-corrected chi connectivity index (χ2v) is 5.29. The number of rotatable bonds is 0. The van der Waals surface area contributed by atoms with Crippen LogP contribution in [0.15, 0.2) is 36.5 Å². The summed E-state index contributed by atoms with van der Waals surface area (Å²) in [5.74, 6) is 0.771. The number of carbonyl (C=O) groups excluding carboxylic acids is 1. The third kappa shape index (κ3) is 1.65. The van der Waals surface area contributed by atoms with E-state index in [0.717, 1.165) is 11.3 Å². The molecule has 2 aliphatic rings. The van der Waals surface area contributed by atoms with Crippen molar-refractivity contribution in [3.8, 4) is 5.75 Å². The Kier molecular flexibility index (Phi) is 2.17. The van der Waals surface area contributed by atoms with Crippen molar-refractivity contribution in [1.82, 2.24) is 5.32 Å². The molecule has 2 aliphatic heterocycles. The molecule has 0 saturated heterocycles. The number of ether oxygens (including phenoxy) is 2. The van der Waals surface area contributed by atoms with Gasteiger partial charge in [-0.15, -0.1) is 0 Å². The Hall–Kier alpha value is -1.97. The molecule has 1 atom stereocenters. The average Bonchev–Trinajstić information content (AvgIpc) is 2.27. The smallest absolute Gasteiger partial charge is 0.412 e. The van der Waals surface area contributed by atoms with Crippen molar-refractivity contribution in [2.45, 2.75) is 31.5 Å². The fourth-order valence-electron chi connectivity index (χ4n) is 2.68. The number of hydrogen-bond donors (Lipinski definition) is 1. The van der Waals surface area contributed by atoms with E-state index in [1.807, 2.05) is 44.2 Å². The van der Waals surface area contributed by atoms with Crippen LogP contribution in [0, 0.1) is 0 Å². The summed E-state index contributed by atoms with van der Waals surface area (Å²) in [6, 6.07) is 7.68. The van der Waals surface area contributed by atoms with Crippen LogP contribution in [0.1, 0.15) is 25.8 Å². The molecule has 0 aliphatic carbocycles. The third-order valence-electron chi connectivity index (χ3n) is 3.25.